The van der Waals surface area contributed by atoms with Crippen molar-refractivity contribution in [1.29, 1.82) is 0 Å². The van der Waals surface area contributed by atoms with Gasteiger partial charge in [-0.3, -0.25) is 24.3 Å². The Morgan fingerprint density at radius 2 is 1.66 bits per heavy atom. The zero-order valence-electron chi connectivity index (χ0n) is 17.0. The molecular formula is C21H31N5O3. The van der Waals surface area contributed by atoms with E-state index < -0.39 is 0 Å². The van der Waals surface area contributed by atoms with Crippen LogP contribution in [0, 0.1) is 29.6 Å². The molecule has 1 heterocycles. The third-order valence-corrected chi connectivity index (χ3v) is 6.83. The number of aliphatic imine (C=N–C) groups is 1. The molecule has 2 bridgehead atoms. The molecule has 4 aliphatic rings. The molecule has 3 amide bonds. The van der Waals surface area contributed by atoms with Crippen LogP contribution in [0.15, 0.2) is 17.1 Å². The van der Waals surface area contributed by atoms with Gasteiger partial charge in [-0.25, -0.2) is 0 Å². The number of nitrogens with one attached hydrogen (secondary N) is 3. The smallest absolute Gasteiger partial charge is 0.233 e. The van der Waals surface area contributed by atoms with Gasteiger partial charge in [0.2, 0.25) is 17.7 Å². The van der Waals surface area contributed by atoms with Crippen LogP contribution in [-0.4, -0.2) is 61.8 Å². The van der Waals surface area contributed by atoms with Crippen LogP contribution in [0.3, 0.4) is 0 Å². The molecule has 3 N–H and O–H groups in total. The number of carbonyl (C=O) groups is 3. The van der Waals surface area contributed by atoms with Crippen molar-refractivity contribution in [2.45, 2.75) is 32.1 Å². The summed E-state index contributed by atoms with van der Waals surface area (Å²) < 4.78 is 0. The molecule has 0 aromatic carbocycles. The molecule has 4 atom stereocenters. The van der Waals surface area contributed by atoms with Crippen LogP contribution < -0.4 is 16.0 Å². The van der Waals surface area contributed by atoms with Crippen molar-refractivity contribution in [2.24, 2.45) is 34.6 Å². The van der Waals surface area contributed by atoms with Gasteiger partial charge in [0.1, 0.15) is 0 Å². The predicted octanol–water partition coefficient (Wildman–Crippen LogP) is 0.265. The molecule has 4 rings (SSSR count). The molecule has 0 radical (unpaired) electrons. The highest BCUT2D eigenvalue weighted by molar-refractivity contribution is 6.06. The lowest BCUT2D eigenvalue weighted by Gasteiger charge is -2.24. The standard InChI is InChI=1S/C21H31N5O3/c1-22-21(24-9-3-8-23-18(27)13-4-2-5-13)25-10-11-26-19(28)16-14-6-7-15(12-14)17(16)20(26)29/h6-7,13-17H,2-5,8-12H2,1H3,(H,23,27)(H2,22,24,25). The summed E-state index contributed by atoms with van der Waals surface area (Å²) in [6.07, 6.45) is 9.18. The molecule has 3 aliphatic carbocycles. The van der Waals surface area contributed by atoms with Crippen molar-refractivity contribution in [3.63, 3.8) is 0 Å². The Hall–Kier alpha value is -2.38. The number of imide groups is 1. The molecule has 29 heavy (non-hydrogen) atoms. The van der Waals surface area contributed by atoms with Crippen LogP contribution in [0.25, 0.3) is 0 Å². The second kappa shape index (κ2) is 8.55. The van der Waals surface area contributed by atoms with Gasteiger partial charge in [-0.05, 0) is 37.5 Å². The number of fused-ring (bicyclic) bond motifs is 5. The highest BCUT2D eigenvalue weighted by atomic mass is 16.2. The maximum atomic E-state index is 12.7. The summed E-state index contributed by atoms with van der Waals surface area (Å²) in [5, 5.41) is 9.34. The molecule has 158 valence electrons. The molecule has 8 nitrogen and oxygen atoms in total. The van der Waals surface area contributed by atoms with E-state index in [2.05, 4.69) is 33.1 Å². The Balaban J connectivity index is 1.13. The summed E-state index contributed by atoms with van der Waals surface area (Å²) in [5.41, 5.74) is 0. The number of allylic oxidation sites excluding steroid dienone is 2. The average Bonchev–Trinajstić information content (AvgIpc) is 3.34. The van der Waals surface area contributed by atoms with Crippen molar-refractivity contribution in [2.75, 3.05) is 33.2 Å². The fourth-order valence-corrected chi connectivity index (χ4v) is 5.01. The van der Waals surface area contributed by atoms with E-state index in [-0.39, 0.29) is 47.3 Å². The third-order valence-electron chi connectivity index (χ3n) is 6.83. The zero-order valence-corrected chi connectivity index (χ0v) is 17.0. The SMILES string of the molecule is CN=C(NCCCNC(=O)C1CCC1)NCCN1C(=O)C2C3C=CC(C3)C2C1=O. The molecule has 1 aliphatic heterocycles. The number of nitrogens with zero attached hydrogens (tertiary/aromatic N) is 2. The molecule has 0 aromatic heterocycles. The van der Waals surface area contributed by atoms with Gasteiger partial charge in [0.25, 0.3) is 0 Å². The minimum Gasteiger partial charge on any atom is -0.356 e. The zero-order chi connectivity index (χ0) is 20.4. The van der Waals surface area contributed by atoms with E-state index in [1.54, 1.807) is 7.05 Å². The third kappa shape index (κ3) is 3.89. The fourth-order valence-electron chi connectivity index (χ4n) is 5.01. The Morgan fingerprint density at radius 1 is 1.03 bits per heavy atom. The molecule has 0 spiro atoms. The van der Waals surface area contributed by atoms with E-state index in [0.29, 0.717) is 32.1 Å². The molecule has 8 heteroatoms. The van der Waals surface area contributed by atoms with Crippen LogP contribution in [0.2, 0.25) is 0 Å². The summed E-state index contributed by atoms with van der Waals surface area (Å²) in [6, 6.07) is 0. The summed E-state index contributed by atoms with van der Waals surface area (Å²) >= 11 is 0. The lowest BCUT2D eigenvalue weighted by molar-refractivity contribution is -0.140. The fraction of sp³-hybridized carbons (Fsp3) is 0.714. The molecule has 0 aromatic rings. The van der Waals surface area contributed by atoms with Crippen molar-refractivity contribution in [3.05, 3.63) is 12.2 Å². The Labute approximate surface area is 171 Å². The molecule has 4 unspecified atom stereocenters. The average molecular weight is 402 g/mol. The van der Waals surface area contributed by atoms with Gasteiger partial charge in [-0.15, -0.1) is 0 Å². The lowest BCUT2D eigenvalue weighted by atomic mass is 9.85. The van der Waals surface area contributed by atoms with Crippen LogP contribution in [0.4, 0.5) is 0 Å². The van der Waals surface area contributed by atoms with Gasteiger partial charge in [-0.1, -0.05) is 18.6 Å². The normalized spacial score (nSPS) is 30.5. The maximum Gasteiger partial charge on any atom is 0.233 e. The first-order valence-corrected chi connectivity index (χ1v) is 10.9. The topological polar surface area (TPSA) is 103 Å². The van der Waals surface area contributed by atoms with Crippen molar-refractivity contribution in [1.82, 2.24) is 20.9 Å². The second-order valence-electron chi connectivity index (χ2n) is 8.53. The minimum absolute atomic E-state index is 0.0104. The highest BCUT2D eigenvalue weighted by Crippen LogP contribution is 2.52. The van der Waals surface area contributed by atoms with E-state index in [1.807, 2.05) is 0 Å². The summed E-state index contributed by atoms with van der Waals surface area (Å²) in [4.78, 5) is 42.7. The molecule has 3 fully saturated rings. The molecule has 1 saturated heterocycles. The van der Waals surface area contributed by atoms with Crippen molar-refractivity contribution >= 4 is 23.7 Å². The lowest BCUT2D eigenvalue weighted by Crippen LogP contribution is -2.44. The first kappa shape index (κ1) is 19.9. The van der Waals surface area contributed by atoms with Crippen LogP contribution in [0.5, 0.6) is 0 Å². The number of amides is 3. The van der Waals surface area contributed by atoms with E-state index >= 15 is 0 Å². The highest BCUT2D eigenvalue weighted by Gasteiger charge is 2.58. The van der Waals surface area contributed by atoms with Crippen LogP contribution in [0.1, 0.15) is 32.1 Å². The predicted molar refractivity (Wildman–Crippen MR) is 109 cm³/mol. The number of hydrogen-bond donors (Lipinski definition) is 3. The van der Waals surface area contributed by atoms with E-state index in [4.69, 9.17) is 0 Å². The van der Waals surface area contributed by atoms with Gasteiger partial charge >= 0.3 is 0 Å². The number of likely N-dealkylation sites (tertiary alicyclic amines) is 1. The van der Waals surface area contributed by atoms with Crippen LogP contribution >= 0.6 is 0 Å². The number of hydrogen-bond acceptors (Lipinski definition) is 4. The van der Waals surface area contributed by atoms with Gasteiger partial charge < -0.3 is 16.0 Å². The first-order chi connectivity index (χ1) is 14.1. The summed E-state index contributed by atoms with van der Waals surface area (Å²) in [6.45, 7) is 2.17. The van der Waals surface area contributed by atoms with Gasteiger partial charge in [0.05, 0.1) is 11.8 Å². The maximum absolute atomic E-state index is 12.7. The largest absolute Gasteiger partial charge is 0.356 e. The van der Waals surface area contributed by atoms with Gasteiger partial charge in [0.15, 0.2) is 5.96 Å². The Morgan fingerprint density at radius 3 is 2.24 bits per heavy atom. The quantitative estimate of drug-likeness (QED) is 0.178. The number of rotatable bonds is 8. The Bertz CT molecular complexity index is 700. The monoisotopic (exact) mass is 401 g/mol. The first-order valence-electron chi connectivity index (χ1n) is 10.9. The molecular weight excluding hydrogens is 370 g/mol. The Kier molecular flexibility index (Phi) is 5.87. The number of carbonyl (C=O) groups excluding carboxylic acids is 3. The van der Waals surface area contributed by atoms with Crippen LogP contribution in [-0.2, 0) is 14.4 Å². The summed E-state index contributed by atoms with van der Waals surface area (Å²) in [7, 11) is 1.69. The van der Waals surface area contributed by atoms with E-state index in [9.17, 15) is 14.4 Å². The van der Waals surface area contributed by atoms with E-state index in [0.717, 1.165) is 32.1 Å². The van der Waals surface area contributed by atoms with Gasteiger partial charge in [-0.2, -0.15) is 0 Å². The van der Waals surface area contributed by atoms with Crippen molar-refractivity contribution < 1.29 is 14.4 Å². The second-order valence-corrected chi connectivity index (χ2v) is 8.53. The van der Waals surface area contributed by atoms with E-state index in [1.165, 1.54) is 4.90 Å². The summed E-state index contributed by atoms with van der Waals surface area (Å²) in [5.74, 6) is 1.24. The number of guanidine groups is 1. The molecule has 2 saturated carbocycles. The minimum atomic E-state index is -0.134. The van der Waals surface area contributed by atoms with Crippen molar-refractivity contribution in [3.8, 4) is 0 Å². The van der Waals surface area contributed by atoms with Gasteiger partial charge in [0, 0.05) is 39.1 Å².